The summed E-state index contributed by atoms with van der Waals surface area (Å²) < 4.78 is 4.03. The first kappa shape index (κ1) is 12.1. The Bertz CT molecular complexity index is 747. The Labute approximate surface area is 121 Å². The molecule has 2 N–H and O–H groups in total. The number of aromatic nitrogens is 4. The van der Waals surface area contributed by atoms with Gasteiger partial charge < -0.3 is 5.73 Å². The van der Waals surface area contributed by atoms with E-state index in [1.54, 1.807) is 11.3 Å². The average molecular weight is 287 g/mol. The summed E-state index contributed by atoms with van der Waals surface area (Å²) in [5.41, 5.74) is 8.31. The van der Waals surface area contributed by atoms with Gasteiger partial charge in [-0.05, 0) is 25.8 Å². The number of thiazole rings is 1. The molecule has 0 saturated heterocycles. The Morgan fingerprint density at radius 2 is 2.30 bits per heavy atom. The van der Waals surface area contributed by atoms with Crippen LogP contribution in [0, 0.1) is 0 Å². The Hall–Kier alpha value is -1.66. The van der Waals surface area contributed by atoms with Crippen LogP contribution in [0.2, 0.25) is 0 Å². The average Bonchev–Trinajstić information content (AvgIpc) is 2.86. The lowest BCUT2D eigenvalue weighted by atomic mass is 10.2. The lowest BCUT2D eigenvalue weighted by Crippen LogP contribution is -2.20. The van der Waals surface area contributed by atoms with E-state index in [0.29, 0.717) is 5.92 Å². The van der Waals surface area contributed by atoms with Gasteiger partial charge in [-0.15, -0.1) is 11.3 Å². The van der Waals surface area contributed by atoms with Crippen molar-refractivity contribution in [3.63, 3.8) is 0 Å². The summed E-state index contributed by atoms with van der Waals surface area (Å²) in [6.45, 7) is 2.02. The third-order valence-corrected chi connectivity index (χ3v) is 4.43. The number of fused-ring (bicyclic) bond motifs is 1. The van der Waals surface area contributed by atoms with Crippen LogP contribution >= 0.6 is 11.3 Å². The van der Waals surface area contributed by atoms with E-state index >= 15 is 0 Å². The fraction of sp³-hybridized carbons (Fsp3) is 0.429. The summed E-state index contributed by atoms with van der Waals surface area (Å²) in [7, 11) is 0. The van der Waals surface area contributed by atoms with Crippen LogP contribution < -0.4 is 5.73 Å². The highest BCUT2D eigenvalue weighted by Crippen LogP contribution is 2.39. The zero-order chi connectivity index (χ0) is 13.7. The molecule has 20 heavy (non-hydrogen) atoms. The fourth-order valence-corrected chi connectivity index (χ4v) is 3.28. The molecule has 1 unspecified atom stereocenters. The molecule has 4 rings (SSSR count). The van der Waals surface area contributed by atoms with Crippen LogP contribution in [0.25, 0.3) is 10.8 Å². The zero-order valence-corrected chi connectivity index (χ0v) is 12.2. The van der Waals surface area contributed by atoms with Crippen LogP contribution in [-0.2, 0) is 6.42 Å². The van der Waals surface area contributed by atoms with Gasteiger partial charge in [0.25, 0.3) is 0 Å². The first-order chi connectivity index (χ1) is 9.72. The van der Waals surface area contributed by atoms with Crippen molar-refractivity contribution < 1.29 is 0 Å². The molecule has 1 saturated carbocycles. The van der Waals surface area contributed by atoms with Crippen molar-refractivity contribution >= 4 is 16.3 Å². The predicted molar refractivity (Wildman–Crippen MR) is 79.5 cm³/mol. The highest BCUT2D eigenvalue weighted by atomic mass is 32.1. The molecule has 5 nitrogen and oxygen atoms in total. The SMILES string of the molecule is CC(N)Cc1c(-n2ccc(C3CC3)n2)nc2sccn12. The van der Waals surface area contributed by atoms with Gasteiger partial charge in [0, 0.05) is 36.2 Å². The van der Waals surface area contributed by atoms with E-state index in [-0.39, 0.29) is 6.04 Å². The van der Waals surface area contributed by atoms with Gasteiger partial charge in [0.15, 0.2) is 10.8 Å². The maximum absolute atomic E-state index is 5.99. The normalized spacial score (nSPS) is 16.9. The van der Waals surface area contributed by atoms with Gasteiger partial charge in [0.1, 0.15) is 0 Å². The fourth-order valence-electron chi connectivity index (χ4n) is 2.55. The molecule has 1 aliphatic carbocycles. The van der Waals surface area contributed by atoms with Crippen LogP contribution in [0.5, 0.6) is 0 Å². The van der Waals surface area contributed by atoms with Crippen LogP contribution in [0.3, 0.4) is 0 Å². The summed E-state index contributed by atoms with van der Waals surface area (Å²) >= 11 is 1.64. The van der Waals surface area contributed by atoms with Gasteiger partial charge >= 0.3 is 0 Å². The molecule has 0 bridgehead atoms. The monoisotopic (exact) mass is 287 g/mol. The second-order valence-electron chi connectivity index (χ2n) is 5.58. The molecule has 3 aromatic rings. The summed E-state index contributed by atoms with van der Waals surface area (Å²) in [5.74, 6) is 1.58. The predicted octanol–water partition coefficient (Wildman–Crippen LogP) is 2.35. The maximum atomic E-state index is 5.99. The van der Waals surface area contributed by atoms with Crippen molar-refractivity contribution in [1.82, 2.24) is 19.2 Å². The molecule has 0 aromatic carbocycles. The van der Waals surface area contributed by atoms with Gasteiger partial charge in [-0.1, -0.05) is 0 Å². The van der Waals surface area contributed by atoms with Crippen molar-refractivity contribution in [2.75, 3.05) is 0 Å². The van der Waals surface area contributed by atoms with E-state index in [4.69, 9.17) is 10.7 Å². The van der Waals surface area contributed by atoms with Crippen LogP contribution in [0.15, 0.2) is 23.8 Å². The lowest BCUT2D eigenvalue weighted by molar-refractivity contribution is 0.703. The topological polar surface area (TPSA) is 61.1 Å². The molecular weight excluding hydrogens is 270 g/mol. The number of rotatable bonds is 4. The quantitative estimate of drug-likeness (QED) is 0.801. The van der Waals surface area contributed by atoms with E-state index in [9.17, 15) is 0 Å². The summed E-state index contributed by atoms with van der Waals surface area (Å²) in [6, 6.07) is 2.22. The second kappa shape index (κ2) is 4.43. The molecule has 0 aliphatic heterocycles. The van der Waals surface area contributed by atoms with Crippen molar-refractivity contribution in [3.05, 3.63) is 35.2 Å². The van der Waals surface area contributed by atoms with Gasteiger partial charge in [-0.3, -0.25) is 4.40 Å². The van der Waals surface area contributed by atoms with Gasteiger partial charge in [-0.25, -0.2) is 4.68 Å². The van der Waals surface area contributed by atoms with Crippen LogP contribution in [0.1, 0.15) is 37.1 Å². The molecule has 0 radical (unpaired) electrons. The third-order valence-electron chi connectivity index (χ3n) is 3.68. The van der Waals surface area contributed by atoms with Crippen LogP contribution in [-0.4, -0.2) is 25.2 Å². The summed E-state index contributed by atoms with van der Waals surface area (Å²) in [5, 5.41) is 6.74. The van der Waals surface area contributed by atoms with Crippen molar-refractivity contribution in [1.29, 1.82) is 0 Å². The second-order valence-corrected chi connectivity index (χ2v) is 6.45. The van der Waals surface area contributed by atoms with Gasteiger partial charge in [-0.2, -0.15) is 10.1 Å². The van der Waals surface area contributed by atoms with Gasteiger partial charge in [0.05, 0.1) is 11.4 Å². The van der Waals surface area contributed by atoms with E-state index in [1.807, 2.05) is 17.8 Å². The molecule has 0 spiro atoms. The molecule has 0 amide bonds. The minimum Gasteiger partial charge on any atom is -0.328 e. The number of imidazole rings is 1. The minimum atomic E-state index is 0.104. The third kappa shape index (κ3) is 1.96. The van der Waals surface area contributed by atoms with E-state index in [1.165, 1.54) is 18.5 Å². The Balaban J connectivity index is 1.81. The van der Waals surface area contributed by atoms with E-state index in [2.05, 4.69) is 27.1 Å². The first-order valence-electron chi connectivity index (χ1n) is 6.98. The minimum absolute atomic E-state index is 0.104. The molecular formula is C14H17N5S. The number of hydrogen-bond donors (Lipinski definition) is 1. The number of nitrogens with two attached hydrogens (primary N) is 1. The molecule has 1 atom stereocenters. The summed E-state index contributed by atoms with van der Waals surface area (Å²) in [4.78, 5) is 5.71. The Morgan fingerprint density at radius 3 is 3.05 bits per heavy atom. The molecule has 3 aromatic heterocycles. The summed E-state index contributed by atoms with van der Waals surface area (Å²) in [6.07, 6.45) is 7.40. The lowest BCUT2D eigenvalue weighted by Gasteiger charge is -2.07. The van der Waals surface area contributed by atoms with E-state index < -0.39 is 0 Å². The highest BCUT2D eigenvalue weighted by molar-refractivity contribution is 7.15. The standard InChI is InChI=1S/C14H17N5S/c1-9(15)8-12-13(16-14-18(12)6-7-20-14)19-5-4-11(17-19)10-2-3-10/h4-7,9-10H,2-3,8,15H2,1H3. The first-order valence-corrected chi connectivity index (χ1v) is 7.86. The number of hydrogen-bond acceptors (Lipinski definition) is 4. The molecule has 1 aliphatic rings. The molecule has 1 fully saturated rings. The van der Waals surface area contributed by atoms with Crippen molar-refractivity contribution in [3.8, 4) is 5.82 Å². The van der Waals surface area contributed by atoms with Gasteiger partial charge in [0.2, 0.25) is 0 Å². The molecule has 6 heteroatoms. The van der Waals surface area contributed by atoms with Crippen molar-refractivity contribution in [2.24, 2.45) is 5.73 Å². The number of nitrogens with zero attached hydrogens (tertiary/aromatic N) is 4. The Morgan fingerprint density at radius 1 is 1.45 bits per heavy atom. The zero-order valence-electron chi connectivity index (χ0n) is 11.4. The highest BCUT2D eigenvalue weighted by Gasteiger charge is 2.26. The smallest absolute Gasteiger partial charge is 0.195 e. The maximum Gasteiger partial charge on any atom is 0.195 e. The molecule has 3 heterocycles. The largest absolute Gasteiger partial charge is 0.328 e. The van der Waals surface area contributed by atoms with Crippen molar-refractivity contribution in [2.45, 2.75) is 38.1 Å². The Kier molecular flexibility index (Phi) is 2.68. The van der Waals surface area contributed by atoms with Crippen LogP contribution in [0.4, 0.5) is 0 Å². The van der Waals surface area contributed by atoms with E-state index in [0.717, 1.165) is 22.9 Å². The molecule has 104 valence electrons.